The van der Waals surface area contributed by atoms with Crippen molar-refractivity contribution < 1.29 is 14.6 Å². The maximum Gasteiger partial charge on any atom is 0.335 e. The third-order valence-corrected chi connectivity index (χ3v) is 6.20. The highest BCUT2D eigenvalue weighted by atomic mass is 16.5. The summed E-state index contributed by atoms with van der Waals surface area (Å²) in [6, 6.07) is 11.5. The van der Waals surface area contributed by atoms with Crippen molar-refractivity contribution in [2.75, 3.05) is 0 Å². The third kappa shape index (κ3) is 9.06. The van der Waals surface area contributed by atoms with E-state index in [0.29, 0.717) is 12.2 Å². The van der Waals surface area contributed by atoms with Crippen LogP contribution < -0.4 is 4.74 Å². The van der Waals surface area contributed by atoms with Gasteiger partial charge in [0.2, 0.25) is 0 Å². The Kier molecular flexibility index (Phi) is 11.9. The number of benzene rings is 2. The molecule has 0 fully saturated rings. The van der Waals surface area contributed by atoms with E-state index in [4.69, 9.17) is 9.84 Å². The smallest absolute Gasteiger partial charge is 0.335 e. The molecule has 3 heteroatoms. The topological polar surface area (TPSA) is 46.5 Å². The summed E-state index contributed by atoms with van der Waals surface area (Å²) in [5, 5.41) is 9.03. The van der Waals surface area contributed by atoms with Crippen molar-refractivity contribution in [3.8, 4) is 5.75 Å². The molecule has 0 aliphatic carbocycles. The number of carboxylic acid groups (broad SMARTS) is 1. The van der Waals surface area contributed by atoms with E-state index in [2.05, 4.69) is 32.9 Å². The first-order valence-electron chi connectivity index (χ1n) is 12.6. The van der Waals surface area contributed by atoms with Crippen LogP contribution in [0.1, 0.15) is 111 Å². The highest BCUT2D eigenvalue weighted by Gasteiger charge is 2.10. The normalized spacial score (nSPS) is 11.0. The van der Waals surface area contributed by atoms with Crippen LogP contribution in [0.15, 0.2) is 36.4 Å². The maximum atomic E-state index is 11.0. The molecule has 0 aliphatic heterocycles. The van der Waals surface area contributed by atoms with Gasteiger partial charge in [-0.25, -0.2) is 4.79 Å². The number of aryl methyl sites for hydroxylation is 3. The van der Waals surface area contributed by atoms with E-state index < -0.39 is 5.97 Å². The number of carbonyl (C=O) groups is 1. The van der Waals surface area contributed by atoms with Crippen molar-refractivity contribution in [3.63, 3.8) is 0 Å². The molecule has 0 aliphatic rings. The fraction of sp³-hybridized carbons (Fsp3) is 0.552. The first-order valence-corrected chi connectivity index (χ1v) is 12.6. The molecule has 3 nitrogen and oxygen atoms in total. The molecule has 2 aromatic carbocycles. The number of hydrogen-bond acceptors (Lipinski definition) is 2. The molecule has 0 radical (unpaired) electrons. The largest absolute Gasteiger partial charge is 0.488 e. The minimum Gasteiger partial charge on any atom is -0.488 e. The lowest BCUT2D eigenvalue weighted by Gasteiger charge is -2.16. The van der Waals surface area contributed by atoms with Crippen molar-refractivity contribution >= 4 is 5.97 Å². The molecule has 32 heavy (non-hydrogen) atoms. The van der Waals surface area contributed by atoms with Gasteiger partial charge in [0.25, 0.3) is 0 Å². The zero-order valence-corrected chi connectivity index (χ0v) is 20.4. The summed E-state index contributed by atoms with van der Waals surface area (Å²) in [7, 11) is 0. The van der Waals surface area contributed by atoms with Gasteiger partial charge in [-0.1, -0.05) is 95.9 Å². The van der Waals surface area contributed by atoms with E-state index in [0.717, 1.165) is 24.2 Å². The molecule has 0 atom stereocenters. The van der Waals surface area contributed by atoms with E-state index in [-0.39, 0.29) is 0 Å². The number of ether oxygens (including phenoxy) is 1. The molecule has 0 spiro atoms. The van der Waals surface area contributed by atoms with Crippen molar-refractivity contribution in [1.29, 1.82) is 0 Å². The van der Waals surface area contributed by atoms with Gasteiger partial charge in [0.05, 0.1) is 5.56 Å². The molecule has 176 valence electrons. The number of aromatic carboxylic acids is 1. The van der Waals surface area contributed by atoms with Crippen LogP contribution in [0, 0.1) is 6.92 Å². The van der Waals surface area contributed by atoms with Gasteiger partial charge in [0.15, 0.2) is 0 Å². The predicted molar refractivity (Wildman–Crippen MR) is 134 cm³/mol. The molecule has 0 bridgehead atoms. The molecule has 0 aromatic heterocycles. The van der Waals surface area contributed by atoms with Crippen LogP contribution in [-0.2, 0) is 19.4 Å². The van der Waals surface area contributed by atoms with Gasteiger partial charge in [-0.05, 0) is 60.6 Å². The van der Waals surface area contributed by atoms with Crippen LogP contribution >= 0.6 is 0 Å². The molecular formula is C29H42O3. The van der Waals surface area contributed by atoms with Crippen LogP contribution in [0.2, 0.25) is 0 Å². The molecule has 2 aromatic rings. The van der Waals surface area contributed by atoms with E-state index in [9.17, 15) is 4.79 Å². The highest BCUT2D eigenvalue weighted by Crippen LogP contribution is 2.28. The van der Waals surface area contributed by atoms with Gasteiger partial charge < -0.3 is 9.84 Å². The summed E-state index contributed by atoms with van der Waals surface area (Å²) in [6.45, 7) is 7.03. The first-order chi connectivity index (χ1) is 15.5. The second-order valence-electron chi connectivity index (χ2n) is 8.98. The van der Waals surface area contributed by atoms with Gasteiger partial charge in [-0.15, -0.1) is 0 Å². The average molecular weight is 439 g/mol. The number of unbranched alkanes of at least 4 members (excludes halogenated alkanes) is 9. The van der Waals surface area contributed by atoms with E-state index in [1.54, 1.807) is 12.1 Å². The lowest BCUT2D eigenvalue weighted by atomic mass is 9.98. The highest BCUT2D eigenvalue weighted by molar-refractivity contribution is 5.87. The summed E-state index contributed by atoms with van der Waals surface area (Å²) >= 11 is 0. The minimum atomic E-state index is -0.903. The van der Waals surface area contributed by atoms with E-state index in [1.165, 1.54) is 80.9 Å². The predicted octanol–water partition coefficient (Wildman–Crippen LogP) is 8.30. The van der Waals surface area contributed by atoms with Crippen LogP contribution in [0.5, 0.6) is 5.75 Å². The Morgan fingerprint density at radius 1 is 0.812 bits per heavy atom. The Labute approximate surface area is 195 Å². The minimum absolute atomic E-state index is 0.301. The van der Waals surface area contributed by atoms with Crippen molar-refractivity contribution in [2.24, 2.45) is 0 Å². The number of hydrogen-bond donors (Lipinski definition) is 1. The maximum absolute atomic E-state index is 11.0. The van der Waals surface area contributed by atoms with Gasteiger partial charge in [-0.3, -0.25) is 0 Å². The molecule has 0 saturated heterocycles. The molecule has 0 unspecified atom stereocenters. The molecule has 2 rings (SSSR count). The van der Waals surface area contributed by atoms with Crippen LogP contribution in [0.3, 0.4) is 0 Å². The SMILES string of the molecule is CCCCCCCCCCCCc1cc(C)c(OCc2ccc(C(=O)O)cc2)c(CC)c1. The molecule has 1 N–H and O–H groups in total. The zero-order valence-electron chi connectivity index (χ0n) is 20.4. The van der Waals surface area contributed by atoms with Crippen LogP contribution in [-0.4, -0.2) is 11.1 Å². The van der Waals surface area contributed by atoms with Crippen molar-refractivity contribution in [1.82, 2.24) is 0 Å². The lowest BCUT2D eigenvalue weighted by Crippen LogP contribution is -2.03. The Morgan fingerprint density at radius 2 is 1.41 bits per heavy atom. The Hall–Kier alpha value is -2.29. The second-order valence-corrected chi connectivity index (χ2v) is 8.98. The van der Waals surface area contributed by atoms with Crippen LogP contribution in [0.4, 0.5) is 0 Å². The summed E-state index contributed by atoms with van der Waals surface area (Å²) in [4.78, 5) is 11.0. The fourth-order valence-electron chi connectivity index (χ4n) is 4.26. The molecule has 0 saturated carbocycles. The average Bonchev–Trinajstić information content (AvgIpc) is 2.79. The monoisotopic (exact) mass is 438 g/mol. The Bertz CT molecular complexity index is 808. The van der Waals surface area contributed by atoms with Gasteiger partial charge in [0.1, 0.15) is 12.4 Å². The van der Waals surface area contributed by atoms with Gasteiger partial charge in [0, 0.05) is 0 Å². The number of carboxylic acids is 1. The van der Waals surface area contributed by atoms with Gasteiger partial charge >= 0.3 is 5.97 Å². The Morgan fingerprint density at radius 3 is 1.97 bits per heavy atom. The fourth-order valence-corrected chi connectivity index (χ4v) is 4.26. The quantitative estimate of drug-likeness (QED) is 0.268. The summed E-state index contributed by atoms with van der Waals surface area (Å²) in [5.74, 6) is 0.0706. The summed E-state index contributed by atoms with van der Waals surface area (Å²) in [6.07, 6.45) is 15.7. The van der Waals surface area contributed by atoms with Gasteiger partial charge in [-0.2, -0.15) is 0 Å². The molecule has 0 heterocycles. The molecular weight excluding hydrogens is 396 g/mol. The summed E-state index contributed by atoms with van der Waals surface area (Å²) in [5.41, 5.74) is 5.14. The van der Waals surface area contributed by atoms with Crippen molar-refractivity contribution in [3.05, 3.63) is 64.2 Å². The zero-order chi connectivity index (χ0) is 23.2. The summed E-state index contributed by atoms with van der Waals surface area (Å²) < 4.78 is 6.16. The van der Waals surface area contributed by atoms with Crippen molar-refractivity contribution in [2.45, 2.75) is 104 Å². The number of rotatable bonds is 16. The third-order valence-electron chi connectivity index (χ3n) is 6.20. The second kappa shape index (κ2) is 14.7. The van der Waals surface area contributed by atoms with E-state index in [1.807, 2.05) is 12.1 Å². The lowest BCUT2D eigenvalue weighted by molar-refractivity contribution is 0.0697. The first kappa shape index (κ1) is 26.0. The molecule has 0 amide bonds. The van der Waals surface area contributed by atoms with E-state index >= 15 is 0 Å². The Balaban J connectivity index is 1.77. The standard InChI is InChI=1S/C29H42O3/c1-4-6-7-8-9-10-11-12-13-14-15-25-20-23(3)28(26(5-2)21-25)32-22-24-16-18-27(19-17-24)29(30)31/h16-21H,4-15,22H2,1-3H3,(H,30,31). The van der Waals surface area contributed by atoms with Crippen LogP contribution in [0.25, 0.3) is 0 Å².